The molecular weight excluding hydrogens is 328 g/mol. The minimum absolute atomic E-state index is 0.0236. The molecule has 19 heavy (non-hydrogen) atoms. The Labute approximate surface area is 122 Å². The Bertz CT molecular complexity index is 629. The zero-order chi connectivity index (χ0) is 13.4. The van der Waals surface area contributed by atoms with Crippen molar-refractivity contribution in [3.8, 4) is 0 Å². The van der Waals surface area contributed by atoms with Crippen LogP contribution >= 0.6 is 27.7 Å². The van der Waals surface area contributed by atoms with E-state index in [1.165, 1.54) is 11.8 Å². The van der Waals surface area contributed by atoms with Crippen LogP contribution in [0.3, 0.4) is 0 Å². The molecule has 1 aromatic heterocycles. The number of imidazole rings is 1. The maximum Gasteiger partial charge on any atom is 0.246 e. The maximum absolute atomic E-state index is 11.8. The number of carbonyl (C=O) groups excluding carboxylic acids is 1. The number of rotatable bonds is 3. The number of nitrogens with zero attached hydrogens (tertiary/aromatic N) is 1. The lowest BCUT2D eigenvalue weighted by molar-refractivity contribution is -0.117. The van der Waals surface area contributed by atoms with Gasteiger partial charge >= 0.3 is 0 Å². The van der Waals surface area contributed by atoms with E-state index >= 15 is 0 Å². The third-order valence-corrected chi connectivity index (χ3v) is 4.80. The second kappa shape index (κ2) is 4.99. The monoisotopic (exact) mass is 338 g/mol. The number of aromatic nitrogens is 2. The second-order valence-electron chi connectivity index (χ2n) is 4.08. The lowest BCUT2D eigenvalue weighted by atomic mass is 10.1. The predicted octanol–water partition coefficient (Wildman–Crippen LogP) is 2.54. The van der Waals surface area contributed by atoms with E-state index in [9.17, 15) is 4.79 Å². The summed E-state index contributed by atoms with van der Waals surface area (Å²) in [4.78, 5) is 20.0. The van der Waals surface area contributed by atoms with Crippen molar-refractivity contribution in [2.75, 3.05) is 12.4 Å². The summed E-state index contributed by atoms with van der Waals surface area (Å²) in [6.07, 6.45) is 3.49. The van der Waals surface area contributed by atoms with Crippen LogP contribution in [-0.4, -0.2) is 22.9 Å². The average Bonchev–Trinajstić information content (AvgIpc) is 2.97. The summed E-state index contributed by atoms with van der Waals surface area (Å²) in [6, 6.07) is 3.65. The van der Waals surface area contributed by atoms with Gasteiger partial charge in [0.15, 0.2) is 5.16 Å². The third-order valence-electron chi connectivity index (χ3n) is 2.90. The number of carbonyl (C=O) groups is 1. The molecule has 1 aromatic carbocycles. The number of hydrogen-bond acceptors (Lipinski definition) is 4. The minimum Gasteiger partial charge on any atom is -0.339 e. The van der Waals surface area contributed by atoms with Gasteiger partial charge in [0.2, 0.25) is 5.91 Å². The molecule has 3 rings (SSSR count). The molecule has 3 N–H and O–H groups in total. The first-order valence-corrected chi connectivity index (χ1v) is 7.29. The van der Waals surface area contributed by atoms with Gasteiger partial charge in [-0.15, -0.1) is 0 Å². The van der Waals surface area contributed by atoms with Crippen LogP contribution in [0.15, 0.2) is 39.1 Å². The molecule has 0 bridgehead atoms. The number of hydrogen-bond donors (Lipinski definition) is 3. The van der Waals surface area contributed by atoms with E-state index in [0.717, 1.165) is 25.8 Å². The fourth-order valence-corrected chi connectivity index (χ4v) is 3.42. The molecule has 1 amide bonds. The molecule has 1 aliphatic heterocycles. The van der Waals surface area contributed by atoms with Gasteiger partial charge in [-0.1, -0.05) is 11.8 Å². The summed E-state index contributed by atoms with van der Waals surface area (Å²) in [5.74, 6) is -0.0236. The van der Waals surface area contributed by atoms with Crippen molar-refractivity contribution in [3.05, 3.63) is 34.6 Å². The van der Waals surface area contributed by atoms with Crippen LogP contribution in [0.4, 0.5) is 5.69 Å². The highest BCUT2D eigenvalue weighted by Gasteiger charge is 2.30. The summed E-state index contributed by atoms with van der Waals surface area (Å²) < 4.78 is 0.949. The molecule has 0 spiro atoms. The summed E-state index contributed by atoms with van der Waals surface area (Å²) >= 11 is 5.05. The molecular formula is C12H11BrN4OS. The largest absolute Gasteiger partial charge is 0.339 e. The fourth-order valence-electron chi connectivity index (χ4n) is 2.04. The molecule has 0 radical (unpaired) electrons. The zero-order valence-electron chi connectivity index (χ0n) is 10.0. The molecule has 0 saturated carbocycles. The van der Waals surface area contributed by atoms with Crippen LogP contribution in [0, 0.1) is 0 Å². The highest BCUT2D eigenvalue weighted by atomic mass is 79.9. The van der Waals surface area contributed by atoms with Crippen molar-refractivity contribution in [2.45, 2.75) is 16.1 Å². The van der Waals surface area contributed by atoms with Gasteiger partial charge in [0.05, 0.1) is 0 Å². The van der Waals surface area contributed by atoms with Gasteiger partial charge < -0.3 is 15.6 Å². The lowest BCUT2D eigenvalue weighted by Gasteiger charge is -2.09. The minimum atomic E-state index is -0.283. The van der Waals surface area contributed by atoms with E-state index in [-0.39, 0.29) is 11.9 Å². The van der Waals surface area contributed by atoms with E-state index in [4.69, 9.17) is 0 Å². The van der Waals surface area contributed by atoms with Gasteiger partial charge in [0.1, 0.15) is 6.04 Å². The number of nitrogens with one attached hydrogen (secondary N) is 3. The van der Waals surface area contributed by atoms with Crippen molar-refractivity contribution >= 4 is 39.3 Å². The van der Waals surface area contributed by atoms with Gasteiger partial charge in [0, 0.05) is 33.0 Å². The molecule has 5 nitrogen and oxygen atoms in total. The van der Waals surface area contributed by atoms with Gasteiger partial charge in [-0.05, 0) is 35.1 Å². The van der Waals surface area contributed by atoms with E-state index in [1.54, 1.807) is 19.4 Å². The summed E-state index contributed by atoms with van der Waals surface area (Å²) in [5, 5.41) is 6.70. The number of benzene rings is 1. The molecule has 1 unspecified atom stereocenters. The SMILES string of the molecule is CNC1C(=O)Nc2cc(Sc3ncc[nH]3)c(Br)cc21. The number of amides is 1. The normalized spacial score (nSPS) is 17.4. The highest BCUT2D eigenvalue weighted by Crippen LogP contribution is 2.40. The number of fused-ring (bicyclic) bond motifs is 1. The van der Waals surface area contributed by atoms with Gasteiger partial charge in [-0.25, -0.2) is 4.98 Å². The van der Waals surface area contributed by atoms with Gasteiger partial charge in [0.25, 0.3) is 0 Å². The van der Waals surface area contributed by atoms with Crippen LogP contribution in [0.25, 0.3) is 0 Å². The molecule has 1 aliphatic rings. The smallest absolute Gasteiger partial charge is 0.246 e. The van der Waals surface area contributed by atoms with E-state index in [1.807, 2.05) is 12.1 Å². The van der Waals surface area contributed by atoms with E-state index in [0.29, 0.717) is 0 Å². The Kier molecular flexibility index (Phi) is 3.34. The Morgan fingerprint density at radius 2 is 2.32 bits per heavy atom. The lowest BCUT2D eigenvalue weighted by Crippen LogP contribution is -2.23. The molecule has 2 aromatic rings. The van der Waals surface area contributed by atoms with Gasteiger partial charge in [-0.2, -0.15) is 0 Å². The molecule has 0 fully saturated rings. The number of H-pyrrole nitrogens is 1. The van der Waals surface area contributed by atoms with Crippen LogP contribution < -0.4 is 10.6 Å². The Hall–Kier alpha value is -1.31. The zero-order valence-corrected chi connectivity index (χ0v) is 12.4. The van der Waals surface area contributed by atoms with Crippen molar-refractivity contribution in [1.29, 1.82) is 0 Å². The molecule has 7 heteroatoms. The first-order chi connectivity index (χ1) is 9.19. The summed E-state index contributed by atoms with van der Waals surface area (Å²) in [7, 11) is 1.78. The van der Waals surface area contributed by atoms with E-state index in [2.05, 4.69) is 36.5 Å². The standard InChI is InChI=1S/C12H11BrN4OS/c1-14-10-6-4-7(13)9(5-8(6)17-11(10)18)19-12-15-2-3-16-12/h2-5,10,14H,1H3,(H,15,16)(H,17,18). The van der Waals surface area contributed by atoms with Crippen LogP contribution in [0.2, 0.25) is 0 Å². The van der Waals surface area contributed by atoms with Crippen LogP contribution in [0.5, 0.6) is 0 Å². The summed E-state index contributed by atoms with van der Waals surface area (Å²) in [6.45, 7) is 0. The number of halogens is 1. The second-order valence-corrected chi connectivity index (χ2v) is 5.96. The number of anilines is 1. The number of likely N-dealkylation sites (N-methyl/N-ethyl adjacent to an activating group) is 1. The van der Waals surface area contributed by atoms with Crippen molar-refractivity contribution in [2.24, 2.45) is 0 Å². The third kappa shape index (κ3) is 2.29. The Morgan fingerprint density at radius 3 is 3.00 bits per heavy atom. The van der Waals surface area contributed by atoms with Gasteiger partial charge in [-0.3, -0.25) is 4.79 Å². The predicted molar refractivity (Wildman–Crippen MR) is 77.3 cm³/mol. The topological polar surface area (TPSA) is 69.8 Å². The van der Waals surface area contributed by atoms with Crippen LogP contribution in [-0.2, 0) is 4.79 Å². The average molecular weight is 339 g/mol. The van der Waals surface area contributed by atoms with E-state index < -0.39 is 0 Å². The molecule has 0 saturated heterocycles. The van der Waals surface area contributed by atoms with Crippen molar-refractivity contribution in [1.82, 2.24) is 15.3 Å². The molecule has 1 atom stereocenters. The number of aromatic amines is 1. The van der Waals surface area contributed by atoms with Crippen LogP contribution in [0.1, 0.15) is 11.6 Å². The Morgan fingerprint density at radius 1 is 1.47 bits per heavy atom. The van der Waals surface area contributed by atoms with Crippen molar-refractivity contribution < 1.29 is 4.79 Å². The highest BCUT2D eigenvalue weighted by molar-refractivity contribution is 9.10. The Balaban J connectivity index is 1.97. The van der Waals surface area contributed by atoms with Crippen molar-refractivity contribution in [3.63, 3.8) is 0 Å². The molecule has 98 valence electrons. The first kappa shape index (κ1) is 12.7. The molecule has 0 aliphatic carbocycles. The summed E-state index contributed by atoms with van der Waals surface area (Å²) in [5.41, 5.74) is 1.81. The first-order valence-electron chi connectivity index (χ1n) is 5.68. The fraction of sp³-hybridized carbons (Fsp3) is 0.167. The quantitative estimate of drug-likeness (QED) is 0.804. The maximum atomic E-state index is 11.8. The molecule has 2 heterocycles.